The van der Waals surface area contributed by atoms with Crippen molar-refractivity contribution in [3.05, 3.63) is 23.8 Å². The van der Waals surface area contributed by atoms with Crippen molar-refractivity contribution < 1.29 is 14.7 Å². The van der Waals surface area contributed by atoms with Crippen molar-refractivity contribution in [1.82, 2.24) is 4.90 Å². The molecule has 0 heterocycles. The van der Waals surface area contributed by atoms with E-state index in [0.717, 1.165) is 5.56 Å². The average molecular weight is 265 g/mol. The molecule has 0 bridgehead atoms. The molecule has 19 heavy (non-hydrogen) atoms. The Balaban J connectivity index is 2.68. The highest BCUT2D eigenvalue weighted by Gasteiger charge is 2.19. The highest BCUT2D eigenvalue weighted by atomic mass is 16.4. The normalized spacial score (nSPS) is 12.2. The summed E-state index contributed by atoms with van der Waals surface area (Å²) in [4.78, 5) is 24.0. The van der Waals surface area contributed by atoms with E-state index in [1.54, 1.807) is 26.1 Å². The number of carboxylic acid groups (broad SMARTS) is 1. The molecule has 0 aliphatic carbocycles. The molecule has 0 aliphatic rings. The van der Waals surface area contributed by atoms with E-state index in [0.29, 0.717) is 11.4 Å². The fraction of sp³-hybridized carbons (Fsp3) is 0.385. The lowest BCUT2D eigenvalue weighted by molar-refractivity contribution is -0.138. The number of hydrogen-bond donors (Lipinski definition) is 3. The molecule has 0 aromatic heterocycles. The number of nitrogen functional groups attached to an aromatic ring is 1. The van der Waals surface area contributed by atoms with Crippen molar-refractivity contribution in [2.75, 3.05) is 24.6 Å². The highest BCUT2D eigenvalue weighted by molar-refractivity contribution is 5.95. The van der Waals surface area contributed by atoms with Crippen LogP contribution >= 0.6 is 0 Å². The fourth-order valence-electron chi connectivity index (χ4n) is 1.52. The number of nitrogens with two attached hydrogens (primary N) is 1. The van der Waals surface area contributed by atoms with E-state index in [4.69, 9.17) is 10.8 Å². The summed E-state index contributed by atoms with van der Waals surface area (Å²) in [6.45, 7) is 3.34. The average Bonchev–Trinajstić information content (AvgIpc) is 2.32. The predicted molar refractivity (Wildman–Crippen MR) is 73.9 cm³/mol. The van der Waals surface area contributed by atoms with Gasteiger partial charge < -0.3 is 16.2 Å². The van der Waals surface area contributed by atoms with Crippen LogP contribution in [0.15, 0.2) is 18.2 Å². The maximum atomic E-state index is 11.9. The smallest absolute Gasteiger partial charge is 0.317 e. The first-order chi connectivity index (χ1) is 8.81. The monoisotopic (exact) mass is 265 g/mol. The molecule has 6 nitrogen and oxygen atoms in total. The SMILES string of the molecule is Cc1ccc(NC(=O)C(C)N(C)CC(=O)O)cc1N. The molecule has 6 heteroatoms. The third-order valence-electron chi connectivity index (χ3n) is 2.97. The van der Waals surface area contributed by atoms with Gasteiger partial charge in [0, 0.05) is 11.4 Å². The first kappa shape index (κ1) is 15.0. The van der Waals surface area contributed by atoms with Crippen molar-refractivity contribution in [1.29, 1.82) is 0 Å². The Hall–Kier alpha value is -2.08. The second-order valence-electron chi connectivity index (χ2n) is 4.55. The summed E-state index contributed by atoms with van der Waals surface area (Å²) in [6, 6.07) is 4.71. The third kappa shape index (κ3) is 4.26. The van der Waals surface area contributed by atoms with Crippen molar-refractivity contribution in [3.63, 3.8) is 0 Å². The molecule has 0 saturated heterocycles. The zero-order valence-corrected chi connectivity index (χ0v) is 11.3. The summed E-state index contributed by atoms with van der Waals surface area (Å²) in [6.07, 6.45) is 0. The van der Waals surface area contributed by atoms with Crippen LogP contribution in [0.1, 0.15) is 12.5 Å². The summed E-state index contributed by atoms with van der Waals surface area (Å²) in [5, 5.41) is 11.4. The largest absolute Gasteiger partial charge is 0.480 e. The zero-order chi connectivity index (χ0) is 14.6. The van der Waals surface area contributed by atoms with Crippen LogP contribution in [0, 0.1) is 6.92 Å². The number of benzene rings is 1. The number of anilines is 2. The molecule has 1 rings (SSSR count). The summed E-state index contributed by atoms with van der Waals surface area (Å²) in [5.41, 5.74) is 7.90. The van der Waals surface area contributed by atoms with Gasteiger partial charge in [0.15, 0.2) is 0 Å². The number of likely N-dealkylation sites (N-methyl/N-ethyl adjacent to an activating group) is 1. The molecule has 1 unspecified atom stereocenters. The standard InChI is InChI=1S/C13H19N3O3/c1-8-4-5-10(6-11(8)14)15-13(19)9(2)16(3)7-12(17)18/h4-6,9H,7,14H2,1-3H3,(H,15,19)(H,17,18). The van der Waals surface area contributed by atoms with E-state index < -0.39 is 12.0 Å². The molecular formula is C13H19N3O3. The van der Waals surface area contributed by atoms with Gasteiger partial charge >= 0.3 is 5.97 Å². The van der Waals surface area contributed by atoms with E-state index in [1.165, 1.54) is 4.90 Å². The quantitative estimate of drug-likeness (QED) is 0.688. The number of carbonyl (C=O) groups excluding carboxylic acids is 1. The minimum atomic E-state index is -0.971. The molecule has 0 spiro atoms. The van der Waals surface area contributed by atoms with E-state index in [1.807, 2.05) is 13.0 Å². The van der Waals surface area contributed by atoms with Crippen LogP contribution in [0.3, 0.4) is 0 Å². The van der Waals surface area contributed by atoms with E-state index in [9.17, 15) is 9.59 Å². The molecule has 1 aromatic carbocycles. The summed E-state index contributed by atoms with van der Waals surface area (Å²) >= 11 is 0. The van der Waals surface area contributed by atoms with Crippen LogP contribution in [0.2, 0.25) is 0 Å². The molecule has 1 atom stereocenters. The molecular weight excluding hydrogens is 246 g/mol. The van der Waals surface area contributed by atoms with Crippen molar-refractivity contribution in [2.45, 2.75) is 19.9 Å². The van der Waals surface area contributed by atoms with E-state index in [-0.39, 0.29) is 12.5 Å². The van der Waals surface area contributed by atoms with Gasteiger partial charge in [-0.2, -0.15) is 0 Å². The number of aryl methyl sites for hydroxylation is 1. The minimum absolute atomic E-state index is 0.190. The Kier molecular flexibility index (Phi) is 4.88. The summed E-state index contributed by atoms with van der Waals surface area (Å²) in [7, 11) is 1.59. The number of rotatable bonds is 5. The Morgan fingerprint density at radius 1 is 1.47 bits per heavy atom. The third-order valence-corrected chi connectivity index (χ3v) is 2.97. The number of carboxylic acids is 1. The summed E-state index contributed by atoms with van der Waals surface area (Å²) in [5.74, 6) is -1.24. The van der Waals surface area contributed by atoms with E-state index in [2.05, 4.69) is 5.32 Å². The fourth-order valence-corrected chi connectivity index (χ4v) is 1.52. The van der Waals surface area contributed by atoms with Gasteiger partial charge in [-0.3, -0.25) is 14.5 Å². The van der Waals surface area contributed by atoms with Gasteiger partial charge in [0.25, 0.3) is 0 Å². The van der Waals surface area contributed by atoms with Gasteiger partial charge in [-0.1, -0.05) is 6.07 Å². The van der Waals surface area contributed by atoms with Gasteiger partial charge in [0.05, 0.1) is 12.6 Å². The van der Waals surface area contributed by atoms with Crippen molar-refractivity contribution in [3.8, 4) is 0 Å². The van der Waals surface area contributed by atoms with Gasteiger partial charge in [-0.05, 0) is 38.6 Å². The number of nitrogens with zero attached hydrogens (tertiary/aromatic N) is 1. The Morgan fingerprint density at radius 3 is 2.63 bits per heavy atom. The molecule has 4 N–H and O–H groups in total. The van der Waals surface area contributed by atoms with Gasteiger partial charge in [-0.15, -0.1) is 0 Å². The number of carbonyl (C=O) groups is 2. The molecule has 0 aliphatic heterocycles. The van der Waals surface area contributed by atoms with Crippen molar-refractivity contribution in [2.24, 2.45) is 0 Å². The maximum absolute atomic E-state index is 11.9. The number of nitrogens with one attached hydrogen (secondary N) is 1. The van der Waals surface area contributed by atoms with Gasteiger partial charge in [0.1, 0.15) is 0 Å². The lowest BCUT2D eigenvalue weighted by Gasteiger charge is -2.22. The Labute approximate surface area is 112 Å². The van der Waals surface area contributed by atoms with Gasteiger partial charge in [0.2, 0.25) is 5.91 Å². The lowest BCUT2D eigenvalue weighted by atomic mass is 10.2. The van der Waals surface area contributed by atoms with Crippen LogP contribution in [0.5, 0.6) is 0 Å². The Morgan fingerprint density at radius 2 is 2.11 bits per heavy atom. The highest BCUT2D eigenvalue weighted by Crippen LogP contribution is 2.17. The van der Waals surface area contributed by atoms with E-state index >= 15 is 0 Å². The van der Waals surface area contributed by atoms with Crippen LogP contribution in [0.4, 0.5) is 11.4 Å². The first-order valence-electron chi connectivity index (χ1n) is 5.90. The van der Waals surface area contributed by atoms with Crippen LogP contribution < -0.4 is 11.1 Å². The van der Waals surface area contributed by atoms with Crippen LogP contribution in [-0.4, -0.2) is 41.5 Å². The molecule has 1 amide bonds. The van der Waals surface area contributed by atoms with Crippen LogP contribution in [-0.2, 0) is 9.59 Å². The molecule has 0 radical (unpaired) electrons. The topological polar surface area (TPSA) is 95.7 Å². The molecule has 0 fully saturated rings. The predicted octanol–water partition coefficient (Wildman–Crippen LogP) is 0.921. The number of hydrogen-bond acceptors (Lipinski definition) is 4. The second-order valence-corrected chi connectivity index (χ2v) is 4.55. The number of aliphatic carboxylic acids is 1. The first-order valence-corrected chi connectivity index (χ1v) is 5.90. The Bertz CT molecular complexity index is 488. The molecule has 0 saturated carbocycles. The number of amides is 1. The van der Waals surface area contributed by atoms with Gasteiger partial charge in [-0.25, -0.2) is 0 Å². The minimum Gasteiger partial charge on any atom is -0.480 e. The molecule has 104 valence electrons. The van der Waals surface area contributed by atoms with Crippen LogP contribution in [0.25, 0.3) is 0 Å². The van der Waals surface area contributed by atoms with Crippen molar-refractivity contribution >= 4 is 23.3 Å². The maximum Gasteiger partial charge on any atom is 0.317 e. The molecule has 1 aromatic rings. The zero-order valence-electron chi connectivity index (χ0n) is 11.3. The lowest BCUT2D eigenvalue weighted by Crippen LogP contribution is -2.42. The summed E-state index contributed by atoms with van der Waals surface area (Å²) < 4.78 is 0. The second kappa shape index (κ2) is 6.19.